The number of aryl methyl sites for hydroxylation is 1. The number of rotatable bonds is 3. The average molecular weight is 359 g/mol. The van der Waals surface area contributed by atoms with Gasteiger partial charge in [-0.3, -0.25) is 14.5 Å². The number of aromatic nitrogens is 1. The summed E-state index contributed by atoms with van der Waals surface area (Å²) in [7, 11) is 0. The number of amides is 2. The molecule has 26 heavy (non-hydrogen) atoms. The maximum Gasteiger partial charge on any atom is 0.248 e. The first-order valence-electron chi connectivity index (χ1n) is 8.53. The van der Waals surface area contributed by atoms with Crippen LogP contribution in [0.4, 0.5) is 15.9 Å². The predicted molar refractivity (Wildman–Crippen MR) is 95.5 cm³/mol. The molecule has 2 heterocycles. The van der Waals surface area contributed by atoms with Gasteiger partial charge in [0, 0.05) is 23.6 Å². The number of benzene rings is 1. The zero-order valence-electron chi connectivity index (χ0n) is 15.3. The summed E-state index contributed by atoms with van der Waals surface area (Å²) in [4.78, 5) is 26.3. The van der Waals surface area contributed by atoms with Gasteiger partial charge in [0.2, 0.25) is 11.8 Å². The first-order valence-corrected chi connectivity index (χ1v) is 8.53. The molecule has 1 saturated heterocycles. The minimum Gasteiger partial charge on any atom is -0.359 e. The highest BCUT2D eigenvalue weighted by Crippen LogP contribution is 2.29. The van der Waals surface area contributed by atoms with Gasteiger partial charge in [-0.15, -0.1) is 0 Å². The maximum absolute atomic E-state index is 13.9. The Morgan fingerprint density at radius 3 is 2.69 bits per heavy atom. The second-order valence-corrected chi connectivity index (χ2v) is 7.57. The van der Waals surface area contributed by atoms with Crippen molar-refractivity contribution in [1.29, 1.82) is 0 Å². The van der Waals surface area contributed by atoms with Gasteiger partial charge in [0.1, 0.15) is 17.6 Å². The summed E-state index contributed by atoms with van der Waals surface area (Å²) in [6.45, 7) is 7.57. The fourth-order valence-corrected chi connectivity index (χ4v) is 2.88. The third kappa shape index (κ3) is 3.47. The van der Waals surface area contributed by atoms with Crippen LogP contribution in [0.25, 0.3) is 0 Å². The van der Waals surface area contributed by atoms with Crippen LogP contribution in [0.1, 0.15) is 44.9 Å². The van der Waals surface area contributed by atoms with Crippen LogP contribution in [-0.4, -0.2) is 23.0 Å². The molecule has 0 saturated carbocycles. The molecule has 1 N–H and O–H groups in total. The van der Waals surface area contributed by atoms with E-state index in [0.29, 0.717) is 29.2 Å². The molecule has 0 bridgehead atoms. The minimum atomic E-state index is -0.709. The molecule has 2 amide bonds. The molecule has 0 spiro atoms. The van der Waals surface area contributed by atoms with E-state index in [-0.39, 0.29) is 23.7 Å². The number of anilines is 2. The lowest BCUT2D eigenvalue weighted by Gasteiger charge is -2.24. The zero-order valence-corrected chi connectivity index (χ0v) is 15.3. The smallest absolute Gasteiger partial charge is 0.248 e. The Kier molecular flexibility index (Phi) is 4.56. The molecule has 1 aromatic heterocycles. The van der Waals surface area contributed by atoms with Gasteiger partial charge in [-0.1, -0.05) is 32.0 Å². The first-order chi connectivity index (χ1) is 12.2. The Balaban J connectivity index is 1.80. The van der Waals surface area contributed by atoms with Crippen molar-refractivity contribution in [2.45, 2.75) is 52.0 Å². The Morgan fingerprint density at radius 1 is 1.35 bits per heavy atom. The van der Waals surface area contributed by atoms with Crippen LogP contribution in [0.15, 0.2) is 28.8 Å². The van der Waals surface area contributed by atoms with Gasteiger partial charge in [0.25, 0.3) is 0 Å². The molecule has 1 atom stereocenters. The van der Waals surface area contributed by atoms with Crippen molar-refractivity contribution in [2.75, 3.05) is 10.2 Å². The van der Waals surface area contributed by atoms with E-state index in [2.05, 4.69) is 10.5 Å². The topological polar surface area (TPSA) is 75.4 Å². The monoisotopic (exact) mass is 359 g/mol. The molecule has 1 aromatic carbocycles. The number of carbonyl (C=O) groups excluding carboxylic acids is 2. The van der Waals surface area contributed by atoms with E-state index < -0.39 is 11.9 Å². The Morgan fingerprint density at radius 2 is 2.08 bits per heavy atom. The molecule has 2 aromatic rings. The van der Waals surface area contributed by atoms with Gasteiger partial charge in [-0.05, 0) is 31.0 Å². The van der Waals surface area contributed by atoms with Crippen molar-refractivity contribution in [1.82, 2.24) is 5.16 Å². The minimum absolute atomic E-state index is 0.205. The van der Waals surface area contributed by atoms with E-state index in [0.717, 1.165) is 0 Å². The lowest BCUT2D eigenvalue weighted by atomic mass is 9.93. The van der Waals surface area contributed by atoms with Gasteiger partial charge in [0.15, 0.2) is 5.82 Å². The summed E-state index contributed by atoms with van der Waals surface area (Å²) < 4.78 is 19.1. The molecule has 3 rings (SSSR count). The molecule has 1 unspecified atom stereocenters. The van der Waals surface area contributed by atoms with Gasteiger partial charge >= 0.3 is 0 Å². The first kappa shape index (κ1) is 18.1. The highest BCUT2D eigenvalue weighted by molar-refractivity contribution is 6.07. The van der Waals surface area contributed by atoms with E-state index in [1.807, 2.05) is 20.8 Å². The lowest BCUT2D eigenvalue weighted by molar-refractivity contribution is -0.120. The molecule has 1 aliphatic heterocycles. The maximum atomic E-state index is 13.9. The van der Waals surface area contributed by atoms with E-state index in [4.69, 9.17) is 4.52 Å². The van der Waals surface area contributed by atoms with E-state index >= 15 is 0 Å². The zero-order chi connectivity index (χ0) is 19.1. The summed E-state index contributed by atoms with van der Waals surface area (Å²) in [5, 5.41) is 6.56. The molecule has 7 heteroatoms. The van der Waals surface area contributed by atoms with Crippen molar-refractivity contribution in [3.05, 3.63) is 41.4 Å². The van der Waals surface area contributed by atoms with Crippen LogP contribution in [0, 0.1) is 12.7 Å². The quantitative estimate of drug-likeness (QED) is 0.909. The normalized spacial score (nSPS) is 17.7. The third-order valence-corrected chi connectivity index (χ3v) is 4.45. The fourth-order valence-electron chi connectivity index (χ4n) is 2.88. The third-order valence-electron chi connectivity index (χ3n) is 4.45. The molecule has 138 valence electrons. The molecule has 0 radical (unpaired) electrons. The summed E-state index contributed by atoms with van der Waals surface area (Å²) in [6.07, 6.45) is 0.601. The van der Waals surface area contributed by atoms with Crippen LogP contribution < -0.4 is 10.2 Å². The standard InChI is InChI=1S/C19H22FN3O3/c1-11-5-6-12(9-13(11)20)23-14(7-8-17(23)24)18(25)21-16-10-15(26-22-16)19(2,3)4/h5-6,9-10,14H,7-8H2,1-4H3,(H,21,22,25). The number of nitrogens with one attached hydrogen (secondary N) is 1. The highest BCUT2D eigenvalue weighted by atomic mass is 19.1. The Hall–Kier alpha value is -2.70. The highest BCUT2D eigenvalue weighted by Gasteiger charge is 2.37. The van der Waals surface area contributed by atoms with Crippen LogP contribution in [-0.2, 0) is 15.0 Å². The van der Waals surface area contributed by atoms with Crippen LogP contribution in [0.5, 0.6) is 0 Å². The van der Waals surface area contributed by atoms with Crippen LogP contribution >= 0.6 is 0 Å². The Labute approximate surface area is 151 Å². The van der Waals surface area contributed by atoms with Crippen molar-refractivity contribution in [2.24, 2.45) is 0 Å². The summed E-state index contributed by atoms with van der Waals surface area (Å²) in [6, 6.07) is 5.49. The number of hydrogen-bond donors (Lipinski definition) is 1. The van der Waals surface area contributed by atoms with E-state index in [9.17, 15) is 14.0 Å². The molecule has 6 nitrogen and oxygen atoms in total. The number of nitrogens with zero attached hydrogens (tertiary/aromatic N) is 2. The number of halogens is 1. The molecular formula is C19H22FN3O3. The summed E-state index contributed by atoms with van der Waals surface area (Å²) in [5.74, 6) is -0.0377. The van der Waals surface area contributed by atoms with Crippen molar-refractivity contribution < 1.29 is 18.5 Å². The van der Waals surface area contributed by atoms with Crippen molar-refractivity contribution in [3.63, 3.8) is 0 Å². The second kappa shape index (κ2) is 6.55. The summed E-state index contributed by atoms with van der Waals surface area (Å²) >= 11 is 0. The molecule has 1 aliphatic rings. The Bertz CT molecular complexity index is 854. The van der Waals surface area contributed by atoms with Gasteiger partial charge in [-0.2, -0.15) is 0 Å². The van der Waals surface area contributed by atoms with Crippen molar-refractivity contribution in [3.8, 4) is 0 Å². The van der Waals surface area contributed by atoms with Crippen LogP contribution in [0.2, 0.25) is 0 Å². The molecule has 1 fully saturated rings. The lowest BCUT2D eigenvalue weighted by Crippen LogP contribution is -2.41. The largest absolute Gasteiger partial charge is 0.359 e. The second-order valence-electron chi connectivity index (χ2n) is 7.57. The number of carbonyl (C=O) groups is 2. The molecule has 0 aliphatic carbocycles. The SMILES string of the molecule is Cc1ccc(N2C(=O)CCC2C(=O)Nc2cc(C(C)(C)C)on2)cc1F. The average Bonchev–Trinajstić information content (AvgIpc) is 3.16. The van der Waals surface area contributed by atoms with Crippen LogP contribution in [0.3, 0.4) is 0 Å². The summed E-state index contributed by atoms with van der Waals surface area (Å²) in [5.41, 5.74) is 0.634. The van der Waals surface area contributed by atoms with E-state index in [1.54, 1.807) is 25.1 Å². The fraction of sp³-hybridized carbons (Fsp3) is 0.421. The van der Waals surface area contributed by atoms with Gasteiger partial charge < -0.3 is 9.84 Å². The van der Waals surface area contributed by atoms with Gasteiger partial charge in [0.05, 0.1) is 0 Å². The van der Waals surface area contributed by atoms with Crippen molar-refractivity contribution >= 4 is 23.3 Å². The predicted octanol–water partition coefficient (Wildman–Crippen LogP) is 3.55. The molecular weight excluding hydrogens is 337 g/mol. The van der Waals surface area contributed by atoms with Gasteiger partial charge in [-0.25, -0.2) is 4.39 Å². The van der Waals surface area contributed by atoms with E-state index in [1.165, 1.54) is 11.0 Å². The number of hydrogen-bond acceptors (Lipinski definition) is 4.